The van der Waals surface area contributed by atoms with Crippen molar-refractivity contribution in [2.75, 3.05) is 7.05 Å². The van der Waals surface area contributed by atoms with Gasteiger partial charge in [-0.2, -0.15) is 26.3 Å². The molecule has 1 saturated carbocycles. The molecule has 27 heavy (non-hydrogen) atoms. The van der Waals surface area contributed by atoms with Gasteiger partial charge in [-0.1, -0.05) is 0 Å². The fourth-order valence-electron chi connectivity index (χ4n) is 4.67. The second kappa shape index (κ2) is 4.67. The highest BCUT2D eigenvalue weighted by molar-refractivity contribution is 8.04. The van der Waals surface area contributed by atoms with Gasteiger partial charge in [0.05, 0.1) is 11.1 Å². The van der Waals surface area contributed by atoms with E-state index >= 15 is 0 Å². The van der Waals surface area contributed by atoms with Gasteiger partial charge >= 0.3 is 17.8 Å². The number of halogens is 6. The van der Waals surface area contributed by atoms with Crippen LogP contribution in [0.25, 0.3) is 0 Å². The Morgan fingerprint density at radius 2 is 1.44 bits per heavy atom. The van der Waals surface area contributed by atoms with Crippen molar-refractivity contribution in [3.8, 4) is 0 Å². The number of thioether (sulfide) groups is 1. The van der Waals surface area contributed by atoms with Crippen LogP contribution in [0.4, 0.5) is 26.3 Å². The summed E-state index contributed by atoms with van der Waals surface area (Å²) in [4.78, 5) is 12.4. The van der Waals surface area contributed by atoms with Crippen LogP contribution in [0, 0.1) is 5.41 Å². The van der Waals surface area contributed by atoms with E-state index in [1.165, 1.54) is 29.7 Å². The van der Waals surface area contributed by atoms with Gasteiger partial charge in [0.15, 0.2) is 6.29 Å². The van der Waals surface area contributed by atoms with Crippen LogP contribution in [-0.2, 0) is 4.79 Å². The fraction of sp³-hybridized carbons (Fsp3) is 0.500. The van der Waals surface area contributed by atoms with Gasteiger partial charge in [-0.25, -0.2) is 0 Å². The van der Waals surface area contributed by atoms with Crippen LogP contribution in [0.1, 0.15) is 20.8 Å². The minimum Gasteiger partial charge on any atom is -0.356 e. The summed E-state index contributed by atoms with van der Waals surface area (Å²) in [6.45, 7) is 4.73. The van der Waals surface area contributed by atoms with E-state index in [0.717, 1.165) is 6.08 Å². The summed E-state index contributed by atoms with van der Waals surface area (Å²) >= 11 is 1.23. The molecule has 9 heteroatoms. The number of aldehydes is 1. The van der Waals surface area contributed by atoms with Gasteiger partial charge in [0.2, 0.25) is 0 Å². The number of rotatable bonds is 1. The number of nitrogens with zero attached hydrogens (tertiary/aromatic N) is 1. The average Bonchev–Trinajstić information content (AvgIpc) is 2.86. The maximum atomic E-state index is 14.6. The number of allylic oxidation sites excluding steroid dienone is 6. The van der Waals surface area contributed by atoms with E-state index < -0.39 is 39.2 Å². The highest BCUT2D eigenvalue weighted by atomic mass is 32.2. The summed E-state index contributed by atoms with van der Waals surface area (Å²) in [7, 11) is 1.56. The molecule has 0 bridgehead atoms. The van der Waals surface area contributed by atoms with E-state index in [4.69, 9.17) is 0 Å². The number of carbonyl (C=O) groups is 1. The molecular weight excluding hydrogens is 392 g/mol. The zero-order valence-corrected chi connectivity index (χ0v) is 15.6. The summed E-state index contributed by atoms with van der Waals surface area (Å²) in [6.07, 6.45) is 2.74. The third kappa shape index (κ3) is 1.63. The summed E-state index contributed by atoms with van der Waals surface area (Å²) in [5, 5.41) is 0. The molecule has 4 aliphatic rings. The molecule has 0 aromatic rings. The van der Waals surface area contributed by atoms with E-state index in [1.807, 2.05) is 0 Å². The Balaban J connectivity index is 2.22. The molecule has 146 valence electrons. The molecule has 2 aliphatic carbocycles. The first kappa shape index (κ1) is 18.7. The van der Waals surface area contributed by atoms with Crippen molar-refractivity contribution < 1.29 is 31.1 Å². The van der Waals surface area contributed by atoms with E-state index in [1.54, 1.807) is 20.9 Å². The zero-order valence-electron chi connectivity index (χ0n) is 14.8. The smallest absolute Gasteiger partial charge is 0.356 e. The molecule has 0 spiro atoms. The lowest BCUT2D eigenvalue weighted by atomic mass is 9.68. The van der Waals surface area contributed by atoms with E-state index in [0.29, 0.717) is 11.2 Å². The first-order valence-corrected chi connectivity index (χ1v) is 8.93. The summed E-state index contributed by atoms with van der Waals surface area (Å²) in [6, 6.07) is 0. The van der Waals surface area contributed by atoms with Crippen LogP contribution in [0.15, 0.2) is 45.0 Å². The van der Waals surface area contributed by atoms with Crippen molar-refractivity contribution in [2.24, 2.45) is 5.41 Å². The van der Waals surface area contributed by atoms with Crippen molar-refractivity contribution in [3.63, 3.8) is 0 Å². The van der Waals surface area contributed by atoms with Crippen LogP contribution in [0.2, 0.25) is 0 Å². The zero-order chi connectivity index (χ0) is 20.4. The molecular formula is C18H15F6NOS. The van der Waals surface area contributed by atoms with Crippen molar-refractivity contribution in [2.45, 2.75) is 43.4 Å². The molecule has 2 nitrogen and oxygen atoms in total. The van der Waals surface area contributed by atoms with Gasteiger partial charge in [-0.05, 0) is 49.0 Å². The predicted octanol–water partition coefficient (Wildman–Crippen LogP) is 4.91. The number of alkyl halides is 6. The number of hydrogen-bond acceptors (Lipinski definition) is 3. The standard InChI is InChI=1S/C18H15F6NOS/c1-8-5-10-12-13(17(21,22)18(23,24)16(12,19)20)11-6-9(7-26)25(4)15(3,27-8)14(10,11)2/h5-7H,1-4H3/t14-,15+/m0/s1. The molecule has 0 amide bonds. The number of hydrogen-bond donors (Lipinski definition) is 0. The molecule has 0 saturated heterocycles. The normalized spacial score (nSPS) is 37.8. The molecule has 0 unspecified atom stereocenters. The van der Waals surface area contributed by atoms with E-state index in [2.05, 4.69) is 0 Å². The van der Waals surface area contributed by atoms with Gasteiger partial charge in [0, 0.05) is 18.2 Å². The molecule has 0 radical (unpaired) electrons. The minimum absolute atomic E-state index is 0.0328. The average molecular weight is 407 g/mol. The van der Waals surface area contributed by atoms with Gasteiger partial charge in [0.1, 0.15) is 4.87 Å². The Labute approximate surface area is 155 Å². The Morgan fingerprint density at radius 1 is 0.963 bits per heavy atom. The molecule has 0 aromatic heterocycles. The SMILES string of the molecule is CC1=CC2=C3C(=C4C=C(C=O)N(C)[C@](C)(S1)[C@@]24C)C(F)(F)C(F)(F)C3(F)F. The first-order chi connectivity index (χ1) is 12.2. The lowest BCUT2D eigenvalue weighted by Crippen LogP contribution is -2.58. The van der Waals surface area contributed by atoms with Crippen molar-refractivity contribution in [1.82, 2.24) is 4.90 Å². The van der Waals surface area contributed by atoms with E-state index in [9.17, 15) is 31.1 Å². The van der Waals surface area contributed by atoms with Crippen molar-refractivity contribution >= 4 is 18.0 Å². The quantitative estimate of drug-likeness (QED) is 0.455. The van der Waals surface area contributed by atoms with Crippen LogP contribution < -0.4 is 0 Å². The lowest BCUT2D eigenvalue weighted by Gasteiger charge is -2.57. The molecule has 2 heterocycles. The first-order valence-electron chi connectivity index (χ1n) is 8.12. The Morgan fingerprint density at radius 3 is 1.93 bits per heavy atom. The number of fused-ring (bicyclic) bond motifs is 1. The summed E-state index contributed by atoms with van der Waals surface area (Å²) < 4.78 is 86.7. The monoisotopic (exact) mass is 407 g/mol. The van der Waals surface area contributed by atoms with Crippen LogP contribution in [0.3, 0.4) is 0 Å². The Hall–Kier alpha value is -1.64. The predicted molar refractivity (Wildman–Crippen MR) is 88.7 cm³/mol. The minimum atomic E-state index is -5.55. The van der Waals surface area contributed by atoms with Crippen LogP contribution in [0.5, 0.6) is 0 Å². The maximum Gasteiger partial charge on any atom is 0.380 e. The molecule has 4 rings (SSSR count). The highest BCUT2D eigenvalue weighted by Gasteiger charge is 2.84. The molecule has 0 aromatic carbocycles. The molecule has 1 fully saturated rings. The van der Waals surface area contributed by atoms with E-state index in [-0.39, 0.29) is 16.8 Å². The van der Waals surface area contributed by atoms with Gasteiger partial charge < -0.3 is 4.90 Å². The largest absolute Gasteiger partial charge is 0.380 e. The maximum absolute atomic E-state index is 14.6. The molecule has 2 atom stereocenters. The second-order valence-electron chi connectivity index (χ2n) is 7.51. The number of likely N-dealkylation sites (N-methyl/N-ethyl adjacent to an activating group) is 1. The fourth-order valence-corrected chi connectivity index (χ4v) is 6.14. The topological polar surface area (TPSA) is 20.3 Å². The lowest BCUT2D eigenvalue weighted by molar-refractivity contribution is -0.258. The van der Waals surface area contributed by atoms with Gasteiger partial charge in [-0.3, -0.25) is 4.79 Å². The van der Waals surface area contributed by atoms with Gasteiger partial charge in [0.25, 0.3) is 0 Å². The summed E-state index contributed by atoms with van der Waals surface area (Å²) in [5.41, 5.74) is -4.67. The number of carbonyl (C=O) groups excluding carboxylic acids is 1. The summed E-state index contributed by atoms with van der Waals surface area (Å²) in [5.74, 6) is -15.6. The Kier molecular flexibility index (Phi) is 3.24. The van der Waals surface area contributed by atoms with Crippen molar-refractivity contribution in [3.05, 3.63) is 45.0 Å². The second-order valence-corrected chi connectivity index (χ2v) is 9.15. The van der Waals surface area contributed by atoms with Crippen LogP contribution >= 0.6 is 11.8 Å². The van der Waals surface area contributed by atoms with Crippen LogP contribution in [-0.4, -0.2) is 40.9 Å². The van der Waals surface area contributed by atoms with Gasteiger partial charge in [-0.15, -0.1) is 11.8 Å². The third-order valence-electron chi connectivity index (χ3n) is 6.36. The van der Waals surface area contributed by atoms with Crippen molar-refractivity contribution in [1.29, 1.82) is 0 Å². The third-order valence-corrected chi connectivity index (χ3v) is 7.88. The highest BCUT2D eigenvalue weighted by Crippen LogP contribution is 2.74. The Bertz CT molecular complexity index is 930. The molecule has 0 N–H and O–H groups in total. The molecule has 2 aliphatic heterocycles.